The molecule has 0 aliphatic heterocycles. The minimum absolute atomic E-state index is 0.188. The zero-order valence-electron chi connectivity index (χ0n) is 10.7. The van der Waals surface area contributed by atoms with E-state index in [2.05, 4.69) is 9.72 Å². The van der Waals surface area contributed by atoms with Gasteiger partial charge in [0.25, 0.3) is 0 Å². The lowest BCUT2D eigenvalue weighted by atomic mass is 10.3. The van der Waals surface area contributed by atoms with Gasteiger partial charge >= 0.3 is 6.18 Å². The second kappa shape index (κ2) is 5.77. The minimum atomic E-state index is -4.43. The van der Waals surface area contributed by atoms with Gasteiger partial charge in [-0.25, -0.2) is 0 Å². The second-order valence-electron chi connectivity index (χ2n) is 4.01. The third kappa shape index (κ3) is 4.31. The van der Waals surface area contributed by atoms with E-state index in [0.717, 1.165) is 4.90 Å². The van der Waals surface area contributed by atoms with Crippen molar-refractivity contribution in [3.05, 3.63) is 12.1 Å². The van der Waals surface area contributed by atoms with Crippen LogP contribution in [-0.2, 0) is 4.79 Å². The normalized spacial score (nSPS) is 11.1. The molecule has 0 unspecified atom stereocenters. The van der Waals surface area contributed by atoms with Crippen molar-refractivity contribution >= 4 is 17.9 Å². The first-order chi connectivity index (χ1) is 8.74. The van der Waals surface area contributed by atoms with Gasteiger partial charge in [0.05, 0.1) is 5.69 Å². The number of alkyl halides is 3. The summed E-state index contributed by atoms with van der Waals surface area (Å²) < 4.78 is 40.7. The number of amides is 1. The average molecular weight is 277 g/mol. The Hall–Kier alpha value is -1.99. The molecular weight excluding hydrogens is 263 g/mol. The molecule has 1 heterocycles. The lowest BCUT2D eigenvalue weighted by molar-refractivity contribution is -0.154. The molecule has 0 N–H and O–H groups in total. The number of halogens is 3. The van der Waals surface area contributed by atoms with Crippen LogP contribution in [0.3, 0.4) is 0 Å². The van der Waals surface area contributed by atoms with Crippen molar-refractivity contribution in [2.75, 3.05) is 37.5 Å². The number of hydrogen-bond donors (Lipinski definition) is 0. The smallest absolute Gasteiger partial charge is 0.422 e. The molecular formula is C11H14F3N3O2. The monoisotopic (exact) mass is 277 g/mol. The Kier molecular flexibility index (Phi) is 4.57. The van der Waals surface area contributed by atoms with Crippen molar-refractivity contribution < 1.29 is 22.7 Å². The Morgan fingerprint density at radius 1 is 1.32 bits per heavy atom. The molecule has 1 aromatic heterocycles. The van der Waals surface area contributed by atoms with Gasteiger partial charge in [-0.05, 0) is 6.07 Å². The van der Waals surface area contributed by atoms with E-state index < -0.39 is 12.8 Å². The van der Waals surface area contributed by atoms with E-state index in [1.807, 2.05) is 0 Å². The maximum absolute atomic E-state index is 12.0. The molecule has 5 nitrogen and oxygen atoms in total. The standard InChI is InChI=1S/C11H14F3N3O2/c1-16(2)8-4-5-9(19-6-11(12,13)14)15-10(8)17(3)7-18/h4-5,7H,6H2,1-3H3. The van der Waals surface area contributed by atoms with E-state index >= 15 is 0 Å². The summed E-state index contributed by atoms with van der Waals surface area (Å²) in [6.07, 6.45) is -3.92. The number of ether oxygens (including phenoxy) is 1. The van der Waals surface area contributed by atoms with Crippen LogP contribution in [0.5, 0.6) is 5.88 Å². The number of anilines is 2. The van der Waals surface area contributed by atoms with Gasteiger partial charge in [-0.3, -0.25) is 4.79 Å². The Morgan fingerprint density at radius 2 is 1.95 bits per heavy atom. The summed E-state index contributed by atoms with van der Waals surface area (Å²) in [7, 11) is 4.92. The van der Waals surface area contributed by atoms with Crippen molar-refractivity contribution in [3.63, 3.8) is 0 Å². The van der Waals surface area contributed by atoms with E-state index in [4.69, 9.17) is 0 Å². The molecule has 1 aromatic rings. The van der Waals surface area contributed by atoms with Crippen LogP contribution >= 0.6 is 0 Å². The van der Waals surface area contributed by atoms with E-state index in [9.17, 15) is 18.0 Å². The lowest BCUT2D eigenvalue weighted by Crippen LogP contribution is -2.22. The van der Waals surface area contributed by atoms with E-state index in [-0.39, 0.29) is 11.7 Å². The quantitative estimate of drug-likeness (QED) is 0.768. The molecule has 0 saturated carbocycles. The van der Waals surface area contributed by atoms with E-state index in [1.54, 1.807) is 19.0 Å². The summed E-state index contributed by atoms with van der Waals surface area (Å²) in [5.41, 5.74) is 0.592. The number of aromatic nitrogens is 1. The molecule has 0 radical (unpaired) electrons. The maximum atomic E-state index is 12.0. The Bertz CT molecular complexity index is 449. The van der Waals surface area contributed by atoms with Gasteiger partial charge < -0.3 is 14.5 Å². The van der Waals surface area contributed by atoms with Gasteiger partial charge in [-0.2, -0.15) is 18.2 Å². The van der Waals surface area contributed by atoms with Crippen molar-refractivity contribution in [2.24, 2.45) is 0 Å². The van der Waals surface area contributed by atoms with Gasteiger partial charge in [0.1, 0.15) is 0 Å². The van der Waals surface area contributed by atoms with E-state index in [1.165, 1.54) is 19.2 Å². The molecule has 1 rings (SSSR count). The molecule has 8 heteroatoms. The Morgan fingerprint density at radius 3 is 2.42 bits per heavy atom. The van der Waals surface area contributed by atoms with Crippen LogP contribution < -0.4 is 14.5 Å². The lowest BCUT2D eigenvalue weighted by Gasteiger charge is -2.21. The number of carbonyl (C=O) groups excluding carboxylic acids is 1. The molecule has 0 aliphatic carbocycles. The molecule has 0 aliphatic rings. The second-order valence-corrected chi connectivity index (χ2v) is 4.01. The highest BCUT2D eigenvalue weighted by Gasteiger charge is 2.28. The molecule has 0 bridgehead atoms. The van der Waals surface area contributed by atoms with Gasteiger partial charge in [-0.1, -0.05) is 0 Å². The number of nitrogens with zero attached hydrogens (tertiary/aromatic N) is 3. The third-order valence-electron chi connectivity index (χ3n) is 2.19. The van der Waals surface area contributed by atoms with Gasteiger partial charge in [0.2, 0.25) is 12.3 Å². The van der Waals surface area contributed by atoms with Gasteiger partial charge in [0.15, 0.2) is 12.4 Å². The fourth-order valence-corrected chi connectivity index (χ4v) is 1.32. The minimum Gasteiger partial charge on any atom is -0.468 e. The van der Waals surface area contributed by atoms with Crippen molar-refractivity contribution in [2.45, 2.75) is 6.18 Å². The van der Waals surface area contributed by atoms with Crippen molar-refractivity contribution in [1.29, 1.82) is 0 Å². The topological polar surface area (TPSA) is 45.7 Å². The summed E-state index contributed by atoms with van der Waals surface area (Å²) in [4.78, 5) is 17.5. The Labute approximate surface area is 108 Å². The van der Waals surface area contributed by atoms with Crippen LogP contribution in [0.1, 0.15) is 0 Å². The van der Waals surface area contributed by atoms with Crippen molar-refractivity contribution in [1.82, 2.24) is 4.98 Å². The first-order valence-electron chi connectivity index (χ1n) is 5.30. The molecule has 19 heavy (non-hydrogen) atoms. The summed E-state index contributed by atoms with van der Waals surface area (Å²) in [5, 5.41) is 0. The number of pyridine rings is 1. The highest BCUT2D eigenvalue weighted by Crippen LogP contribution is 2.28. The zero-order chi connectivity index (χ0) is 14.6. The van der Waals surface area contributed by atoms with E-state index in [0.29, 0.717) is 12.1 Å². The van der Waals surface area contributed by atoms with Crippen molar-refractivity contribution in [3.8, 4) is 5.88 Å². The fourth-order valence-electron chi connectivity index (χ4n) is 1.32. The van der Waals surface area contributed by atoms with Crippen LogP contribution in [0.2, 0.25) is 0 Å². The molecule has 0 spiro atoms. The highest BCUT2D eigenvalue weighted by molar-refractivity contribution is 5.80. The van der Waals surface area contributed by atoms with Crippen LogP contribution in [0.15, 0.2) is 12.1 Å². The number of hydrogen-bond acceptors (Lipinski definition) is 4. The first kappa shape index (κ1) is 15.1. The van der Waals surface area contributed by atoms with Crippen LogP contribution in [-0.4, -0.2) is 45.3 Å². The largest absolute Gasteiger partial charge is 0.468 e. The predicted octanol–water partition coefficient (Wildman–Crippen LogP) is 1.68. The summed E-state index contributed by atoms with van der Waals surface area (Å²) in [6, 6.07) is 2.86. The molecule has 106 valence electrons. The van der Waals surface area contributed by atoms with Crippen LogP contribution in [0.25, 0.3) is 0 Å². The SMILES string of the molecule is CN(C)c1ccc(OCC(F)(F)F)nc1N(C)C=O. The van der Waals surface area contributed by atoms with Gasteiger partial charge in [-0.15, -0.1) is 0 Å². The number of carbonyl (C=O) groups is 1. The van der Waals surface area contributed by atoms with Crippen LogP contribution in [0, 0.1) is 0 Å². The molecule has 0 fully saturated rings. The average Bonchev–Trinajstić information content (AvgIpc) is 2.34. The fraction of sp³-hybridized carbons (Fsp3) is 0.455. The zero-order valence-corrected chi connectivity index (χ0v) is 10.7. The highest BCUT2D eigenvalue weighted by atomic mass is 19.4. The molecule has 0 atom stereocenters. The predicted molar refractivity (Wildman–Crippen MR) is 64.6 cm³/mol. The van der Waals surface area contributed by atoms with Crippen LogP contribution in [0.4, 0.5) is 24.7 Å². The molecule has 0 saturated heterocycles. The Balaban J connectivity index is 3.01. The summed E-state index contributed by atoms with van der Waals surface area (Å²) >= 11 is 0. The first-order valence-corrected chi connectivity index (χ1v) is 5.30. The van der Waals surface area contributed by atoms with Gasteiger partial charge in [0, 0.05) is 27.2 Å². The summed E-state index contributed by atoms with van der Waals surface area (Å²) in [5.74, 6) is 0.0336. The molecule has 0 aromatic carbocycles. The molecule has 1 amide bonds. The third-order valence-corrected chi connectivity index (χ3v) is 2.19. The number of rotatable bonds is 5. The summed E-state index contributed by atoms with van der Waals surface area (Å²) in [6.45, 7) is -1.43. The maximum Gasteiger partial charge on any atom is 0.422 e.